The van der Waals surface area contributed by atoms with Gasteiger partial charge < -0.3 is 20.1 Å². The Hall–Kier alpha value is -1.59. The number of para-hydroxylation sites is 1. The summed E-state index contributed by atoms with van der Waals surface area (Å²) >= 11 is 0. The summed E-state index contributed by atoms with van der Waals surface area (Å²) < 4.78 is 5.54. The number of carbonyl (C=O) groups is 1. The predicted octanol–water partition coefficient (Wildman–Crippen LogP) is 1.20. The lowest BCUT2D eigenvalue weighted by molar-refractivity contribution is -0.135. The highest BCUT2D eigenvalue weighted by molar-refractivity contribution is 5.88. The van der Waals surface area contributed by atoms with Gasteiger partial charge >= 0.3 is 0 Å². The fraction of sp³-hybridized carbons (Fsp3) is 0.562. The van der Waals surface area contributed by atoms with Crippen LogP contribution in [0.1, 0.15) is 24.3 Å². The van der Waals surface area contributed by atoms with Gasteiger partial charge in [0.2, 0.25) is 5.91 Å². The van der Waals surface area contributed by atoms with E-state index in [0.717, 1.165) is 37.2 Å². The summed E-state index contributed by atoms with van der Waals surface area (Å²) in [6.45, 7) is 2.63. The van der Waals surface area contributed by atoms with Crippen molar-refractivity contribution < 1.29 is 14.6 Å². The van der Waals surface area contributed by atoms with Crippen LogP contribution in [0.4, 0.5) is 5.69 Å². The highest BCUT2D eigenvalue weighted by Gasteiger charge is 2.33. The van der Waals surface area contributed by atoms with E-state index >= 15 is 0 Å². The summed E-state index contributed by atoms with van der Waals surface area (Å²) in [5.74, 6) is 0.157. The molecule has 0 aliphatic carbocycles. The van der Waals surface area contributed by atoms with Crippen molar-refractivity contribution in [1.29, 1.82) is 0 Å². The lowest BCUT2D eigenvalue weighted by atomic mass is 9.98. The van der Waals surface area contributed by atoms with E-state index in [1.165, 1.54) is 0 Å². The van der Waals surface area contributed by atoms with Crippen molar-refractivity contribution in [3.05, 3.63) is 29.8 Å². The maximum Gasteiger partial charge on any atom is 0.231 e. The average Bonchev–Trinajstić information content (AvgIpc) is 2.97. The molecule has 0 aromatic heterocycles. The van der Waals surface area contributed by atoms with Gasteiger partial charge in [-0.1, -0.05) is 18.2 Å². The second-order valence-electron chi connectivity index (χ2n) is 5.64. The lowest BCUT2D eigenvalue weighted by Crippen LogP contribution is -2.43. The number of fused-ring (bicyclic) bond motifs is 1. The van der Waals surface area contributed by atoms with Crippen LogP contribution in [-0.4, -0.2) is 54.9 Å². The summed E-state index contributed by atoms with van der Waals surface area (Å²) in [5.41, 5.74) is 2.19. The third-order valence-corrected chi connectivity index (χ3v) is 4.33. The summed E-state index contributed by atoms with van der Waals surface area (Å²) in [6, 6.07) is 8.04. The fourth-order valence-electron chi connectivity index (χ4n) is 3.19. The first-order valence-corrected chi connectivity index (χ1v) is 7.63. The van der Waals surface area contributed by atoms with Gasteiger partial charge in [-0.3, -0.25) is 4.79 Å². The van der Waals surface area contributed by atoms with Crippen LogP contribution in [0, 0.1) is 0 Å². The van der Waals surface area contributed by atoms with Crippen LogP contribution >= 0.6 is 0 Å². The minimum atomic E-state index is -0.0592. The van der Waals surface area contributed by atoms with Crippen molar-refractivity contribution in [2.75, 3.05) is 38.2 Å². The van der Waals surface area contributed by atoms with Crippen LogP contribution in [0.15, 0.2) is 24.3 Å². The number of rotatable bonds is 4. The number of nitrogens with one attached hydrogen (secondary N) is 1. The van der Waals surface area contributed by atoms with Crippen LogP contribution in [0.5, 0.6) is 0 Å². The molecule has 21 heavy (non-hydrogen) atoms. The van der Waals surface area contributed by atoms with Crippen LogP contribution in [0.25, 0.3) is 0 Å². The maximum absolute atomic E-state index is 12.7. The quantitative estimate of drug-likeness (QED) is 0.874. The molecule has 0 bridgehead atoms. The Morgan fingerprint density at radius 3 is 2.86 bits per heavy atom. The van der Waals surface area contributed by atoms with Crippen LogP contribution in [-0.2, 0) is 9.53 Å². The van der Waals surface area contributed by atoms with Gasteiger partial charge in [0.05, 0.1) is 25.2 Å². The second-order valence-corrected chi connectivity index (χ2v) is 5.64. The zero-order chi connectivity index (χ0) is 14.7. The van der Waals surface area contributed by atoms with Gasteiger partial charge in [0, 0.05) is 25.3 Å². The molecule has 2 aliphatic heterocycles. The number of amides is 1. The topological polar surface area (TPSA) is 61.8 Å². The number of hydrogen-bond acceptors (Lipinski definition) is 4. The predicted molar refractivity (Wildman–Crippen MR) is 80.3 cm³/mol. The number of ether oxygens (including phenoxy) is 1. The molecule has 5 nitrogen and oxygen atoms in total. The first-order valence-electron chi connectivity index (χ1n) is 7.63. The lowest BCUT2D eigenvalue weighted by Gasteiger charge is -2.33. The van der Waals surface area contributed by atoms with Crippen molar-refractivity contribution in [3.63, 3.8) is 0 Å². The first-order chi connectivity index (χ1) is 10.3. The number of likely N-dealkylation sites (tertiary alicyclic amines) is 1. The molecule has 1 amide bonds. The smallest absolute Gasteiger partial charge is 0.231 e. The van der Waals surface area contributed by atoms with Crippen LogP contribution in [0.2, 0.25) is 0 Å². The van der Waals surface area contributed by atoms with Crippen LogP contribution in [0.3, 0.4) is 0 Å². The number of aliphatic hydroxyl groups is 1. The monoisotopic (exact) mass is 290 g/mol. The minimum Gasteiger partial charge on any atom is -0.394 e. The van der Waals surface area contributed by atoms with Crippen molar-refractivity contribution in [3.8, 4) is 0 Å². The van der Waals surface area contributed by atoms with Crippen molar-refractivity contribution in [2.24, 2.45) is 0 Å². The van der Waals surface area contributed by atoms with Gasteiger partial charge in [0.15, 0.2) is 0 Å². The third kappa shape index (κ3) is 3.04. The molecule has 1 saturated heterocycles. The molecule has 2 N–H and O–H groups in total. The van der Waals surface area contributed by atoms with E-state index in [1.807, 2.05) is 29.2 Å². The Labute approximate surface area is 124 Å². The van der Waals surface area contributed by atoms with Gasteiger partial charge in [-0.2, -0.15) is 0 Å². The summed E-state index contributed by atoms with van der Waals surface area (Å²) in [6.07, 6.45) is 1.89. The van der Waals surface area contributed by atoms with Gasteiger partial charge in [-0.25, -0.2) is 0 Å². The molecular weight excluding hydrogens is 268 g/mol. The Morgan fingerprint density at radius 1 is 1.33 bits per heavy atom. The van der Waals surface area contributed by atoms with E-state index in [-0.39, 0.29) is 24.5 Å². The molecule has 2 heterocycles. The molecule has 1 aromatic rings. The largest absolute Gasteiger partial charge is 0.394 e. The molecule has 0 saturated carbocycles. The van der Waals surface area contributed by atoms with E-state index in [9.17, 15) is 4.79 Å². The summed E-state index contributed by atoms with van der Waals surface area (Å²) in [5, 5.41) is 12.1. The molecule has 1 aromatic carbocycles. The van der Waals surface area contributed by atoms with E-state index in [2.05, 4.69) is 5.32 Å². The Morgan fingerprint density at radius 2 is 2.10 bits per heavy atom. The number of carbonyl (C=O) groups excluding carboxylic acids is 1. The molecule has 3 rings (SSSR count). The summed E-state index contributed by atoms with van der Waals surface area (Å²) in [4.78, 5) is 14.6. The molecule has 0 spiro atoms. The molecule has 1 fully saturated rings. The number of benzene rings is 1. The molecule has 2 aliphatic rings. The molecule has 114 valence electrons. The number of nitrogens with zero attached hydrogens (tertiary/aromatic N) is 1. The fourth-order valence-corrected chi connectivity index (χ4v) is 3.19. The Balaban J connectivity index is 1.58. The molecule has 1 unspecified atom stereocenters. The van der Waals surface area contributed by atoms with Crippen LogP contribution < -0.4 is 5.32 Å². The molecule has 0 radical (unpaired) electrons. The van der Waals surface area contributed by atoms with E-state index in [0.29, 0.717) is 13.2 Å². The normalized spacial score (nSPS) is 22.0. The van der Waals surface area contributed by atoms with Gasteiger partial charge in [0.25, 0.3) is 0 Å². The number of hydrogen-bond donors (Lipinski definition) is 2. The first kappa shape index (κ1) is 14.4. The van der Waals surface area contributed by atoms with E-state index in [4.69, 9.17) is 9.84 Å². The van der Waals surface area contributed by atoms with Gasteiger partial charge in [0.1, 0.15) is 0 Å². The van der Waals surface area contributed by atoms with E-state index < -0.39 is 0 Å². The van der Waals surface area contributed by atoms with Crippen molar-refractivity contribution in [1.82, 2.24) is 4.90 Å². The highest BCUT2D eigenvalue weighted by atomic mass is 16.5. The highest BCUT2D eigenvalue weighted by Crippen LogP contribution is 2.33. The molecule has 1 atom stereocenters. The standard InChI is InChI=1S/C16H22N2O3/c19-9-10-21-12-5-7-18(8-6-12)16(20)14-11-17-15-4-2-1-3-13(14)15/h1-4,12,14,17,19H,5-11H2. The molecular formula is C16H22N2O3. The Bertz CT molecular complexity index is 498. The minimum absolute atomic E-state index is 0.0592. The zero-order valence-electron chi connectivity index (χ0n) is 12.1. The second kappa shape index (κ2) is 6.45. The van der Waals surface area contributed by atoms with E-state index in [1.54, 1.807) is 0 Å². The SMILES string of the molecule is O=C(C1CNc2ccccc21)N1CCC(OCCO)CC1. The zero-order valence-corrected chi connectivity index (χ0v) is 12.1. The number of anilines is 1. The Kier molecular flexibility index (Phi) is 4.41. The average molecular weight is 290 g/mol. The van der Waals surface area contributed by atoms with Crippen molar-refractivity contribution in [2.45, 2.75) is 24.9 Å². The third-order valence-electron chi connectivity index (χ3n) is 4.33. The van der Waals surface area contributed by atoms with Gasteiger partial charge in [-0.05, 0) is 24.5 Å². The number of aliphatic hydroxyl groups excluding tert-OH is 1. The van der Waals surface area contributed by atoms with Gasteiger partial charge in [-0.15, -0.1) is 0 Å². The van der Waals surface area contributed by atoms with Crippen molar-refractivity contribution >= 4 is 11.6 Å². The molecule has 5 heteroatoms. The number of piperidine rings is 1. The summed E-state index contributed by atoms with van der Waals surface area (Å²) in [7, 11) is 0. The maximum atomic E-state index is 12.7.